The highest BCUT2D eigenvalue weighted by molar-refractivity contribution is 6.13. The van der Waals surface area contributed by atoms with Crippen LogP contribution in [0.1, 0.15) is 16.7 Å². The molecule has 0 aliphatic heterocycles. The topological polar surface area (TPSA) is 26.0 Å². The predicted molar refractivity (Wildman–Crippen MR) is 82.6 cm³/mol. The van der Waals surface area contributed by atoms with Crippen molar-refractivity contribution in [3.8, 4) is 0 Å². The zero-order valence-corrected chi connectivity index (χ0v) is 10.7. The number of nitrogen functional groups attached to an aromatic ring is 1. The second kappa shape index (κ2) is 3.61. The minimum Gasteiger partial charge on any atom is -0.398 e. The van der Waals surface area contributed by atoms with E-state index < -0.39 is 0 Å². The van der Waals surface area contributed by atoms with Crippen LogP contribution in [0.3, 0.4) is 0 Å². The molecule has 0 bridgehead atoms. The maximum Gasteiger partial charge on any atom is 0.0476 e. The molecule has 0 unspecified atom stereocenters. The van der Waals surface area contributed by atoms with E-state index in [1.165, 1.54) is 38.2 Å². The molecule has 0 heterocycles. The Labute approximate surface area is 112 Å². The average molecular weight is 245 g/mol. The molecule has 0 amide bonds. The van der Waals surface area contributed by atoms with Gasteiger partial charge in [0.2, 0.25) is 0 Å². The third kappa shape index (κ3) is 1.42. The Kier molecular flexibility index (Phi) is 2.02. The van der Waals surface area contributed by atoms with Gasteiger partial charge in [-0.3, -0.25) is 0 Å². The number of anilines is 1. The van der Waals surface area contributed by atoms with E-state index in [1.54, 1.807) is 0 Å². The minimum absolute atomic E-state index is 0.937. The van der Waals surface area contributed by atoms with Gasteiger partial charge in [-0.25, -0.2) is 0 Å². The van der Waals surface area contributed by atoms with Crippen molar-refractivity contribution in [1.29, 1.82) is 0 Å². The fourth-order valence-electron chi connectivity index (χ4n) is 3.14. The SMILES string of the molecule is C=CCc1cc2cc3ccccc3c(N)c2c2c1C2. The van der Waals surface area contributed by atoms with Gasteiger partial charge in [0.1, 0.15) is 0 Å². The Hall–Kier alpha value is -2.28. The number of rotatable bonds is 2. The van der Waals surface area contributed by atoms with Crippen molar-refractivity contribution in [2.75, 3.05) is 5.73 Å². The summed E-state index contributed by atoms with van der Waals surface area (Å²) < 4.78 is 0. The van der Waals surface area contributed by atoms with E-state index in [0.29, 0.717) is 0 Å². The highest BCUT2D eigenvalue weighted by Crippen LogP contribution is 2.43. The summed E-state index contributed by atoms with van der Waals surface area (Å²) in [7, 11) is 0. The molecule has 1 aliphatic carbocycles. The van der Waals surface area contributed by atoms with Gasteiger partial charge in [-0.2, -0.15) is 0 Å². The van der Waals surface area contributed by atoms with Gasteiger partial charge >= 0.3 is 0 Å². The Bertz CT molecular complexity index is 843. The molecule has 0 fully saturated rings. The summed E-state index contributed by atoms with van der Waals surface area (Å²) in [6.45, 7) is 3.84. The molecule has 0 aromatic heterocycles. The van der Waals surface area contributed by atoms with Crippen LogP contribution in [0.4, 0.5) is 5.69 Å². The van der Waals surface area contributed by atoms with Gasteiger partial charge in [0.15, 0.2) is 0 Å². The largest absolute Gasteiger partial charge is 0.398 e. The van der Waals surface area contributed by atoms with Gasteiger partial charge in [-0.15, -0.1) is 6.58 Å². The Morgan fingerprint density at radius 3 is 2.79 bits per heavy atom. The van der Waals surface area contributed by atoms with Crippen LogP contribution in [0.2, 0.25) is 0 Å². The van der Waals surface area contributed by atoms with Crippen molar-refractivity contribution >= 4 is 27.2 Å². The zero-order chi connectivity index (χ0) is 13.0. The zero-order valence-electron chi connectivity index (χ0n) is 10.7. The van der Waals surface area contributed by atoms with Gasteiger partial charge < -0.3 is 5.73 Å². The van der Waals surface area contributed by atoms with Crippen LogP contribution in [-0.2, 0) is 12.8 Å². The normalized spacial score (nSPS) is 12.6. The second-order valence-electron chi connectivity index (χ2n) is 5.27. The third-order valence-corrected chi connectivity index (χ3v) is 4.10. The first kappa shape index (κ1) is 10.6. The summed E-state index contributed by atoms with van der Waals surface area (Å²) in [5.74, 6) is 0. The van der Waals surface area contributed by atoms with Crippen LogP contribution in [0.25, 0.3) is 21.5 Å². The summed E-state index contributed by atoms with van der Waals surface area (Å²) in [6.07, 6.45) is 4.02. The molecule has 0 spiro atoms. The molecular weight excluding hydrogens is 230 g/mol. The Morgan fingerprint density at radius 1 is 1.11 bits per heavy atom. The molecule has 1 nitrogen and oxygen atoms in total. The minimum atomic E-state index is 0.937. The quantitative estimate of drug-likeness (QED) is 0.319. The van der Waals surface area contributed by atoms with E-state index in [9.17, 15) is 0 Å². The Balaban J connectivity index is 2.14. The molecular formula is C18H15N. The molecule has 1 heteroatoms. The predicted octanol–water partition coefficient (Wildman–Crippen LogP) is 4.21. The van der Waals surface area contributed by atoms with Crippen LogP contribution >= 0.6 is 0 Å². The number of allylic oxidation sites excluding steroid dienone is 1. The lowest BCUT2D eigenvalue weighted by molar-refractivity contribution is 1.27. The van der Waals surface area contributed by atoms with Crippen molar-refractivity contribution in [3.63, 3.8) is 0 Å². The van der Waals surface area contributed by atoms with E-state index in [2.05, 4.69) is 43.0 Å². The third-order valence-electron chi connectivity index (χ3n) is 4.10. The molecule has 92 valence electrons. The van der Waals surface area contributed by atoms with Crippen molar-refractivity contribution in [2.24, 2.45) is 0 Å². The van der Waals surface area contributed by atoms with Gasteiger partial charge in [-0.05, 0) is 46.4 Å². The summed E-state index contributed by atoms with van der Waals surface area (Å²) >= 11 is 0. The number of benzene rings is 3. The second-order valence-corrected chi connectivity index (χ2v) is 5.27. The highest BCUT2D eigenvalue weighted by atomic mass is 14.6. The fraction of sp³-hybridized carbons (Fsp3) is 0.111. The van der Waals surface area contributed by atoms with E-state index in [-0.39, 0.29) is 0 Å². The highest BCUT2D eigenvalue weighted by Gasteiger charge is 2.25. The first-order chi connectivity index (χ1) is 9.29. The number of nitrogens with two attached hydrogens (primary N) is 1. The van der Waals surface area contributed by atoms with E-state index >= 15 is 0 Å². The maximum absolute atomic E-state index is 6.39. The lowest BCUT2D eigenvalue weighted by Crippen LogP contribution is -1.91. The van der Waals surface area contributed by atoms with Crippen molar-refractivity contribution in [3.05, 3.63) is 65.7 Å². The lowest BCUT2D eigenvalue weighted by Gasteiger charge is -2.08. The standard InChI is InChI=1S/C18H15N/c1-2-5-11-8-13-9-12-6-3-4-7-14(12)18(19)17(13)16-10-15(11)16/h2-4,6-9H,1,5,10,19H2. The van der Waals surface area contributed by atoms with E-state index in [4.69, 9.17) is 5.73 Å². The summed E-state index contributed by atoms with van der Waals surface area (Å²) in [6, 6.07) is 12.9. The summed E-state index contributed by atoms with van der Waals surface area (Å²) in [5, 5.41) is 4.92. The summed E-state index contributed by atoms with van der Waals surface area (Å²) in [5.41, 5.74) is 11.7. The van der Waals surface area contributed by atoms with Crippen LogP contribution in [0.5, 0.6) is 0 Å². The lowest BCUT2D eigenvalue weighted by atomic mass is 9.99. The first-order valence-electron chi connectivity index (χ1n) is 6.65. The number of hydrogen-bond donors (Lipinski definition) is 1. The van der Waals surface area contributed by atoms with Crippen LogP contribution in [-0.4, -0.2) is 0 Å². The molecule has 19 heavy (non-hydrogen) atoms. The Morgan fingerprint density at radius 2 is 1.95 bits per heavy atom. The molecule has 4 rings (SSSR count). The van der Waals surface area contributed by atoms with Crippen molar-refractivity contribution in [2.45, 2.75) is 12.8 Å². The molecule has 3 aromatic rings. The van der Waals surface area contributed by atoms with Gasteiger partial charge in [0.25, 0.3) is 0 Å². The summed E-state index contributed by atoms with van der Waals surface area (Å²) in [4.78, 5) is 0. The van der Waals surface area contributed by atoms with Crippen LogP contribution < -0.4 is 5.73 Å². The van der Waals surface area contributed by atoms with Gasteiger partial charge in [0, 0.05) is 16.5 Å². The molecule has 3 aromatic carbocycles. The number of hydrogen-bond acceptors (Lipinski definition) is 1. The van der Waals surface area contributed by atoms with Crippen molar-refractivity contribution in [1.82, 2.24) is 0 Å². The molecule has 0 radical (unpaired) electrons. The van der Waals surface area contributed by atoms with E-state index in [0.717, 1.165) is 18.5 Å². The molecule has 0 saturated heterocycles. The van der Waals surface area contributed by atoms with Gasteiger partial charge in [0.05, 0.1) is 0 Å². The molecule has 0 atom stereocenters. The molecule has 2 N–H and O–H groups in total. The average Bonchev–Trinajstić information content (AvgIpc) is 3.19. The van der Waals surface area contributed by atoms with E-state index in [1.807, 2.05) is 6.08 Å². The smallest absolute Gasteiger partial charge is 0.0476 e. The monoisotopic (exact) mass is 245 g/mol. The number of fused-ring (bicyclic) bond motifs is 4. The maximum atomic E-state index is 6.39. The van der Waals surface area contributed by atoms with Crippen LogP contribution in [0, 0.1) is 0 Å². The first-order valence-corrected chi connectivity index (χ1v) is 6.65. The van der Waals surface area contributed by atoms with Crippen LogP contribution in [0.15, 0.2) is 49.1 Å². The van der Waals surface area contributed by atoms with Crippen molar-refractivity contribution < 1.29 is 0 Å². The molecule has 1 aliphatic rings. The van der Waals surface area contributed by atoms with Gasteiger partial charge in [-0.1, -0.05) is 36.4 Å². The molecule has 0 saturated carbocycles. The fourth-order valence-corrected chi connectivity index (χ4v) is 3.14.